The van der Waals surface area contributed by atoms with E-state index < -0.39 is 17.7 Å². The monoisotopic (exact) mass is 420 g/mol. The van der Waals surface area contributed by atoms with Crippen LogP contribution in [0.1, 0.15) is 22.9 Å². The second-order valence-corrected chi connectivity index (χ2v) is 7.82. The zero-order valence-electron chi connectivity index (χ0n) is 17.4. The summed E-state index contributed by atoms with van der Waals surface area (Å²) in [6, 6.07) is 25.1. The van der Waals surface area contributed by atoms with Crippen molar-refractivity contribution in [2.24, 2.45) is 0 Å². The molecule has 156 valence electrons. The Balaban J connectivity index is 1.72. The summed E-state index contributed by atoms with van der Waals surface area (Å²) in [6.45, 7) is 1.95. The van der Waals surface area contributed by atoms with Gasteiger partial charge in [0.15, 0.2) is 0 Å². The molecule has 5 rings (SSSR count). The number of pyridine rings is 1. The average molecular weight is 420 g/mol. The minimum absolute atomic E-state index is 0.0320. The standard InChI is InChI=1S/C27H20N2O3/c1-17-9-13-21(14-10-17)29-24(22-8-4-5-15-28-22)23(26(31)27(29)32)25(30)20-12-11-18-6-2-3-7-19(18)16-20/h2-16,24,30H,1H3/b25-23-. The van der Waals surface area contributed by atoms with Gasteiger partial charge < -0.3 is 5.11 Å². The number of Topliss-reactive ketones (excluding diaryl/α,β-unsaturated/α-hetero) is 1. The number of aryl methyl sites for hydroxylation is 1. The summed E-state index contributed by atoms with van der Waals surface area (Å²) >= 11 is 0. The first-order chi connectivity index (χ1) is 15.5. The lowest BCUT2D eigenvalue weighted by atomic mass is 9.97. The highest BCUT2D eigenvalue weighted by molar-refractivity contribution is 6.51. The summed E-state index contributed by atoms with van der Waals surface area (Å²) in [6.07, 6.45) is 1.61. The smallest absolute Gasteiger partial charge is 0.300 e. The van der Waals surface area contributed by atoms with Crippen molar-refractivity contribution in [3.8, 4) is 0 Å². The lowest BCUT2D eigenvalue weighted by molar-refractivity contribution is -0.132. The van der Waals surface area contributed by atoms with Crippen molar-refractivity contribution in [3.05, 3.63) is 114 Å². The molecule has 5 heteroatoms. The molecule has 1 fully saturated rings. The fourth-order valence-corrected chi connectivity index (χ4v) is 4.11. The fraction of sp³-hybridized carbons (Fsp3) is 0.0741. The van der Waals surface area contributed by atoms with Crippen LogP contribution in [-0.2, 0) is 9.59 Å². The number of benzene rings is 3. The third-order valence-electron chi connectivity index (χ3n) is 5.75. The van der Waals surface area contributed by atoms with Crippen LogP contribution in [0.5, 0.6) is 0 Å². The molecule has 0 spiro atoms. The van der Waals surface area contributed by atoms with Crippen LogP contribution in [0.4, 0.5) is 5.69 Å². The maximum Gasteiger partial charge on any atom is 0.300 e. The maximum atomic E-state index is 13.2. The third kappa shape index (κ3) is 3.24. The zero-order chi connectivity index (χ0) is 22.2. The molecule has 1 atom stereocenters. The number of nitrogens with zero attached hydrogens (tertiary/aromatic N) is 2. The number of carbonyl (C=O) groups excluding carboxylic acids is 2. The molecule has 5 nitrogen and oxygen atoms in total. The number of rotatable bonds is 3. The van der Waals surface area contributed by atoms with E-state index in [1.54, 1.807) is 42.6 Å². The largest absolute Gasteiger partial charge is 0.507 e. The van der Waals surface area contributed by atoms with Gasteiger partial charge in [0.05, 0.1) is 11.3 Å². The summed E-state index contributed by atoms with van der Waals surface area (Å²) in [5, 5.41) is 13.2. The highest BCUT2D eigenvalue weighted by Gasteiger charge is 2.47. The Labute approximate surface area is 185 Å². The van der Waals surface area contributed by atoms with Crippen LogP contribution in [0.15, 0.2) is 96.7 Å². The number of amides is 1. The van der Waals surface area contributed by atoms with E-state index >= 15 is 0 Å². The van der Waals surface area contributed by atoms with Crippen LogP contribution in [0.2, 0.25) is 0 Å². The molecule has 4 aromatic rings. The summed E-state index contributed by atoms with van der Waals surface area (Å²) in [5.41, 5.74) is 2.63. The first-order valence-corrected chi connectivity index (χ1v) is 10.3. The van der Waals surface area contributed by atoms with Crippen LogP contribution in [0.25, 0.3) is 16.5 Å². The van der Waals surface area contributed by atoms with Crippen molar-refractivity contribution >= 4 is 33.9 Å². The van der Waals surface area contributed by atoms with Crippen LogP contribution in [0, 0.1) is 6.92 Å². The molecule has 0 saturated carbocycles. The maximum absolute atomic E-state index is 13.2. The van der Waals surface area contributed by atoms with E-state index in [-0.39, 0.29) is 11.3 Å². The Morgan fingerprint density at radius 3 is 2.31 bits per heavy atom. The first kappa shape index (κ1) is 19.7. The Morgan fingerprint density at radius 1 is 0.875 bits per heavy atom. The van der Waals surface area contributed by atoms with E-state index in [2.05, 4.69) is 4.98 Å². The SMILES string of the molecule is Cc1ccc(N2C(=O)C(=O)/C(=C(\O)c3ccc4ccccc4c3)C2c2ccccn2)cc1. The molecule has 2 heterocycles. The molecule has 0 bridgehead atoms. The molecule has 1 aromatic heterocycles. The highest BCUT2D eigenvalue weighted by atomic mass is 16.3. The van der Waals surface area contributed by atoms with Gasteiger partial charge in [0.25, 0.3) is 11.7 Å². The predicted molar refractivity (Wildman–Crippen MR) is 124 cm³/mol. The number of hydrogen-bond donors (Lipinski definition) is 1. The summed E-state index contributed by atoms with van der Waals surface area (Å²) in [7, 11) is 0. The van der Waals surface area contributed by atoms with Crippen LogP contribution in [-0.4, -0.2) is 21.8 Å². The average Bonchev–Trinajstić information content (AvgIpc) is 3.10. The molecule has 1 unspecified atom stereocenters. The first-order valence-electron chi connectivity index (χ1n) is 10.3. The second-order valence-electron chi connectivity index (χ2n) is 7.82. The van der Waals surface area contributed by atoms with Gasteiger partial charge in [-0.3, -0.25) is 19.5 Å². The molecule has 1 amide bonds. The Hall–Kier alpha value is -4.25. The van der Waals surface area contributed by atoms with Crippen molar-refractivity contribution in [2.75, 3.05) is 4.90 Å². The fourth-order valence-electron chi connectivity index (χ4n) is 4.11. The molecular formula is C27H20N2O3. The number of ketones is 1. The Kier molecular flexibility index (Phi) is 4.79. The predicted octanol–water partition coefficient (Wildman–Crippen LogP) is 5.17. The number of anilines is 1. The second kappa shape index (κ2) is 7.78. The minimum Gasteiger partial charge on any atom is -0.507 e. The highest BCUT2D eigenvalue weighted by Crippen LogP contribution is 2.41. The number of aromatic nitrogens is 1. The van der Waals surface area contributed by atoms with E-state index in [0.29, 0.717) is 16.9 Å². The molecule has 0 aliphatic carbocycles. The molecule has 1 N–H and O–H groups in total. The topological polar surface area (TPSA) is 70.5 Å². The number of aliphatic hydroxyl groups excluding tert-OH is 1. The molecule has 1 aliphatic heterocycles. The van der Waals surface area contributed by atoms with E-state index in [4.69, 9.17) is 0 Å². The van der Waals surface area contributed by atoms with Gasteiger partial charge in [-0.15, -0.1) is 0 Å². The lowest BCUT2D eigenvalue weighted by Crippen LogP contribution is -2.29. The Morgan fingerprint density at radius 2 is 1.59 bits per heavy atom. The van der Waals surface area contributed by atoms with Crippen LogP contribution in [0.3, 0.4) is 0 Å². The molecule has 0 radical (unpaired) electrons. The van der Waals surface area contributed by atoms with Gasteiger partial charge in [-0.1, -0.05) is 60.2 Å². The molecular weight excluding hydrogens is 400 g/mol. The summed E-state index contributed by atoms with van der Waals surface area (Å²) in [5.74, 6) is -1.63. The van der Waals surface area contributed by atoms with E-state index in [1.807, 2.05) is 55.5 Å². The quantitative estimate of drug-likeness (QED) is 0.282. The van der Waals surface area contributed by atoms with E-state index in [9.17, 15) is 14.7 Å². The van der Waals surface area contributed by atoms with Crippen molar-refractivity contribution in [1.29, 1.82) is 0 Å². The zero-order valence-corrected chi connectivity index (χ0v) is 17.4. The lowest BCUT2D eigenvalue weighted by Gasteiger charge is -2.24. The summed E-state index contributed by atoms with van der Waals surface area (Å²) < 4.78 is 0. The van der Waals surface area contributed by atoms with Crippen molar-refractivity contribution < 1.29 is 14.7 Å². The molecule has 1 aliphatic rings. The molecule has 32 heavy (non-hydrogen) atoms. The summed E-state index contributed by atoms with van der Waals surface area (Å²) in [4.78, 5) is 32.1. The molecule has 3 aromatic carbocycles. The third-order valence-corrected chi connectivity index (χ3v) is 5.75. The van der Waals surface area contributed by atoms with E-state index in [0.717, 1.165) is 16.3 Å². The number of carbonyl (C=O) groups is 2. The van der Waals surface area contributed by atoms with Gasteiger partial charge in [0, 0.05) is 17.4 Å². The van der Waals surface area contributed by atoms with Crippen molar-refractivity contribution in [1.82, 2.24) is 4.98 Å². The Bertz CT molecular complexity index is 1380. The minimum atomic E-state index is -0.828. The van der Waals surface area contributed by atoms with Gasteiger partial charge >= 0.3 is 0 Å². The van der Waals surface area contributed by atoms with Gasteiger partial charge in [-0.05, 0) is 48.0 Å². The number of fused-ring (bicyclic) bond motifs is 1. The van der Waals surface area contributed by atoms with Crippen LogP contribution >= 0.6 is 0 Å². The van der Waals surface area contributed by atoms with Gasteiger partial charge in [-0.2, -0.15) is 0 Å². The van der Waals surface area contributed by atoms with Gasteiger partial charge in [-0.25, -0.2) is 0 Å². The van der Waals surface area contributed by atoms with Crippen LogP contribution < -0.4 is 4.90 Å². The van der Waals surface area contributed by atoms with Gasteiger partial charge in [0.2, 0.25) is 0 Å². The number of hydrogen-bond acceptors (Lipinski definition) is 4. The van der Waals surface area contributed by atoms with Gasteiger partial charge in [0.1, 0.15) is 11.8 Å². The molecule has 1 saturated heterocycles. The van der Waals surface area contributed by atoms with Crippen molar-refractivity contribution in [3.63, 3.8) is 0 Å². The van der Waals surface area contributed by atoms with E-state index in [1.165, 1.54) is 4.90 Å². The number of aliphatic hydroxyl groups is 1. The van der Waals surface area contributed by atoms with Crippen molar-refractivity contribution in [2.45, 2.75) is 13.0 Å². The normalized spacial score (nSPS) is 17.8.